The van der Waals surface area contributed by atoms with Gasteiger partial charge in [0.15, 0.2) is 11.4 Å². The number of ketones is 1. The molecule has 0 bridgehead atoms. The second-order valence-corrected chi connectivity index (χ2v) is 5.64. The zero-order valence-corrected chi connectivity index (χ0v) is 13.0. The van der Waals surface area contributed by atoms with E-state index in [2.05, 4.69) is 11.9 Å². The quantitative estimate of drug-likeness (QED) is 0.383. The van der Waals surface area contributed by atoms with Gasteiger partial charge in [0.25, 0.3) is 5.22 Å². The zero-order chi connectivity index (χ0) is 15.4. The van der Waals surface area contributed by atoms with Crippen molar-refractivity contribution < 1.29 is 9.21 Å². The highest BCUT2D eigenvalue weighted by Crippen LogP contribution is 2.23. The molecular weight excluding hydrogens is 294 g/mol. The number of oxazole rings is 1. The second kappa shape index (κ2) is 6.62. The minimum Gasteiger partial charge on any atom is -0.431 e. The summed E-state index contributed by atoms with van der Waals surface area (Å²) in [4.78, 5) is 16.4. The van der Waals surface area contributed by atoms with Crippen molar-refractivity contribution in [3.8, 4) is 0 Å². The maximum atomic E-state index is 12.1. The highest BCUT2D eigenvalue weighted by Gasteiger charge is 2.05. The van der Waals surface area contributed by atoms with E-state index in [1.54, 1.807) is 11.5 Å². The van der Waals surface area contributed by atoms with Crippen LogP contribution < -0.4 is 0 Å². The lowest BCUT2D eigenvalue weighted by atomic mass is 10.1. The van der Waals surface area contributed by atoms with Crippen LogP contribution in [0.3, 0.4) is 0 Å². The van der Waals surface area contributed by atoms with Crippen LogP contribution >= 0.6 is 11.8 Å². The number of nitrogens with zero attached hydrogens (tertiary/aromatic N) is 1. The molecule has 0 aliphatic heterocycles. The Morgan fingerprint density at radius 2 is 1.95 bits per heavy atom. The number of allylic oxidation sites excluding steroid dienone is 1. The van der Waals surface area contributed by atoms with Gasteiger partial charge in [-0.25, -0.2) is 4.98 Å². The van der Waals surface area contributed by atoms with E-state index in [9.17, 15) is 4.79 Å². The fraction of sp³-hybridized carbons (Fsp3) is 0.111. The third-order valence-corrected chi connectivity index (χ3v) is 3.96. The minimum absolute atomic E-state index is 0.0220. The number of carbonyl (C=O) groups is 1. The van der Waals surface area contributed by atoms with Crippen molar-refractivity contribution in [1.82, 2.24) is 4.98 Å². The van der Waals surface area contributed by atoms with Gasteiger partial charge in [-0.1, -0.05) is 43.3 Å². The lowest BCUT2D eigenvalue weighted by Gasteiger charge is -1.98. The van der Waals surface area contributed by atoms with E-state index in [1.807, 2.05) is 48.5 Å². The lowest BCUT2D eigenvalue weighted by molar-refractivity contribution is 0.104. The second-order valence-electron chi connectivity index (χ2n) is 4.78. The molecule has 0 fully saturated rings. The third-order valence-electron chi connectivity index (χ3n) is 3.31. The summed E-state index contributed by atoms with van der Waals surface area (Å²) in [5, 5.41) is 2.24. The summed E-state index contributed by atoms with van der Waals surface area (Å²) >= 11 is 1.30. The van der Waals surface area contributed by atoms with Gasteiger partial charge in [0.05, 0.1) is 0 Å². The number of para-hydroxylation sites is 2. The molecule has 0 radical (unpaired) electrons. The predicted molar refractivity (Wildman–Crippen MR) is 89.2 cm³/mol. The number of aromatic nitrogens is 1. The molecule has 22 heavy (non-hydrogen) atoms. The topological polar surface area (TPSA) is 43.1 Å². The Morgan fingerprint density at radius 1 is 1.18 bits per heavy atom. The molecule has 0 spiro atoms. The first-order chi connectivity index (χ1) is 10.8. The number of hydrogen-bond acceptors (Lipinski definition) is 4. The highest BCUT2D eigenvalue weighted by molar-refractivity contribution is 8.01. The van der Waals surface area contributed by atoms with Crippen LogP contribution in [0.25, 0.3) is 11.1 Å². The first-order valence-corrected chi connectivity index (χ1v) is 7.96. The Balaban J connectivity index is 1.66. The van der Waals surface area contributed by atoms with Crippen LogP contribution in [-0.4, -0.2) is 10.8 Å². The lowest BCUT2D eigenvalue weighted by Crippen LogP contribution is -1.93. The minimum atomic E-state index is -0.0220. The van der Waals surface area contributed by atoms with Crippen LogP contribution in [0, 0.1) is 0 Å². The molecule has 0 unspecified atom stereocenters. The monoisotopic (exact) mass is 309 g/mol. The van der Waals surface area contributed by atoms with E-state index in [1.165, 1.54) is 17.3 Å². The standard InChI is InChI=1S/C18H15NO2S/c1-2-13-7-9-14(10-8-13)16(20)11-12-22-18-19-15-5-3-4-6-17(15)21-18/h3-12H,2H2,1H3/b12-11+. The molecule has 0 N–H and O–H groups in total. The Morgan fingerprint density at radius 3 is 2.68 bits per heavy atom. The third kappa shape index (κ3) is 3.28. The van der Waals surface area contributed by atoms with Crippen molar-refractivity contribution in [2.24, 2.45) is 0 Å². The fourth-order valence-electron chi connectivity index (χ4n) is 2.06. The van der Waals surface area contributed by atoms with Gasteiger partial charge >= 0.3 is 0 Å². The van der Waals surface area contributed by atoms with Crippen molar-refractivity contribution >= 4 is 28.6 Å². The summed E-state index contributed by atoms with van der Waals surface area (Å²) in [5.74, 6) is -0.0220. The van der Waals surface area contributed by atoms with Crippen LogP contribution in [0.5, 0.6) is 0 Å². The average molecular weight is 309 g/mol. The predicted octanol–water partition coefficient (Wildman–Crippen LogP) is 4.88. The van der Waals surface area contributed by atoms with Crippen molar-refractivity contribution in [2.45, 2.75) is 18.6 Å². The number of aryl methyl sites for hydroxylation is 1. The van der Waals surface area contributed by atoms with Crippen molar-refractivity contribution in [3.63, 3.8) is 0 Å². The van der Waals surface area contributed by atoms with Crippen LogP contribution in [0.1, 0.15) is 22.8 Å². The summed E-state index contributed by atoms with van der Waals surface area (Å²) in [7, 11) is 0. The average Bonchev–Trinajstić information content (AvgIpc) is 2.97. The maximum Gasteiger partial charge on any atom is 0.261 e. The van der Waals surface area contributed by atoms with E-state index >= 15 is 0 Å². The Kier molecular flexibility index (Phi) is 4.39. The fourth-order valence-corrected chi connectivity index (χ4v) is 2.65. The number of fused-ring (bicyclic) bond motifs is 1. The van der Waals surface area contributed by atoms with E-state index in [0.717, 1.165) is 17.5 Å². The zero-order valence-electron chi connectivity index (χ0n) is 12.2. The molecule has 2 aromatic carbocycles. The van der Waals surface area contributed by atoms with Crippen LogP contribution in [0.15, 0.2) is 69.7 Å². The molecule has 3 rings (SSSR count). The van der Waals surface area contributed by atoms with Gasteiger partial charge < -0.3 is 4.42 Å². The first kappa shape index (κ1) is 14.6. The molecule has 0 aliphatic rings. The Hall–Kier alpha value is -2.33. The van der Waals surface area contributed by atoms with Crippen LogP contribution in [-0.2, 0) is 6.42 Å². The molecule has 0 saturated carbocycles. The van der Waals surface area contributed by atoms with Gasteiger partial charge in [0, 0.05) is 5.56 Å². The molecule has 3 nitrogen and oxygen atoms in total. The summed E-state index contributed by atoms with van der Waals surface area (Å²) in [6.45, 7) is 2.09. The summed E-state index contributed by atoms with van der Waals surface area (Å²) in [5.41, 5.74) is 3.48. The van der Waals surface area contributed by atoms with Gasteiger partial charge in [0.2, 0.25) is 0 Å². The molecule has 0 saturated heterocycles. The number of benzene rings is 2. The van der Waals surface area contributed by atoms with Crippen molar-refractivity contribution in [3.05, 3.63) is 71.1 Å². The molecular formula is C18H15NO2S. The smallest absolute Gasteiger partial charge is 0.261 e. The number of carbonyl (C=O) groups excluding carboxylic acids is 1. The molecule has 110 valence electrons. The SMILES string of the molecule is CCc1ccc(C(=O)/C=C/Sc2nc3ccccc3o2)cc1. The highest BCUT2D eigenvalue weighted by atomic mass is 32.2. The van der Waals surface area contributed by atoms with Gasteiger partial charge in [-0.2, -0.15) is 0 Å². The van der Waals surface area contributed by atoms with E-state index in [-0.39, 0.29) is 5.78 Å². The molecule has 1 aromatic heterocycles. The van der Waals surface area contributed by atoms with E-state index in [0.29, 0.717) is 10.8 Å². The van der Waals surface area contributed by atoms with Gasteiger partial charge in [0.1, 0.15) is 5.52 Å². The van der Waals surface area contributed by atoms with Gasteiger partial charge in [-0.3, -0.25) is 4.79 Å². The molecule has 0 atom stereocenters. The van der Waals surface area contributed by atoms with Gasteiger partial charge in [-0.05, 0) is 47.4 Å². The molecule has 3 aromatic rings. The summed E-state index contributed by atoms with van der Waals surface area (Å²) < 4.78 is 5.58. The van der Waals surface area contributed by atoms with Crippen LogP contribution in [0.4, 0.5) is 0 Å². The summed E-state index contributed by atoms with van der Waals surface area (Å²) in [6, 6.07) is 15.3. The van der Waals surface area contributed by atoms with Crippen molar-refractivity contribution in [2.75, 3.05) is 0 Å². The molecule has 4 heteroatoms. The van der Waals surface area contributed by atoms with E-state index in [4.69, 9.17) is 4.42 Å². The molecule has 1 heterocycles. The number of hydrogen-bond donors (Lipinski definition) is 0. The first-order valence-electron chi connectivity index (χ1n) is 7.08. The maximum absolute atomic E-state index is 12.1. The Labute approximate surface area is 133 Å². The van der Waals surface area contributed by atoms with Crippen molar-refractivity contribution in [1.29, 1.82) is 0 Å². The van der Waals surface area contributed by atoms with Crippen LogP contribution in [0.2, 0.25) is 0 Å². The Bertz CT molecular complexity index is 785. The molecule has 0 aliphatic carbocycles. The van der Waals surface area contributed by atoms with E-state index < -0.39 is 0 Å². The van der Waals surface area contributed by atoms with Gasteiger partial charge in [-0.15, -0.1) is 0 Å². The number of rotatable bonds is 5. The number of thioether (sulfide) groups is 1. The summed E-state index contributed by atoms with van der Waals surface area (Å²) in [6.07, 6.45) is 2.51. The molecule has 0 amide bonds. The largest absolute Gasteiger partial charge is 0.431 e. The normalized spacial score (nSPS) is 11.3.